The molecule has 3 heteroatoms. The lowest BCUT2D eigenvalue weighted by atomic mass is 10.1. The lowest BCUT2D eigenvalue weighted by molar-refractivity contribution is 1.01. The van der Waals surface area contributed by atoms with Gasteiger partial charge in [-0.05, 0) is 36.4 Å². The van der Waals surface area contributed by atoms with Gasteiger partial charge in [-0.1, -0.05) is 30.1 Å². The minimum Gasteiger partial charge on any atom is -0.296 e. The second kappa shape index (κ2) is 4.64. The van der Waals surface area contributed by atoms with Crippen molar-refractivity contribution >= 4 is 29.9 Å². The summed E-state index contributed by atoms with van der Waals surface area (Å²) in [6, 6.07) is 3.61. The summed E-state index contributed by atoms with van der Waals surface area (Å²) in [6.07, 6.45) is 0.865. The van der Waals surface area contributed by atoms with Crippen LogP contribution in [0.1, 0.15) is 18.1 Å². The van der Waals surface area contributed by atoms with Crippen molar-refractivity contribution < 1.29 is 0 Å². The Morgan fingerprint density at radius 1 is 1.23 bits per heavy atom. The Kier molecular flexibility index (Phi) is 3.76. The average Bonchev–Trinajstić information content (AvgIpc) is 2.12. The van der Waals surface area contributed by atoms with Gasteiger partial charge in [0.2, 0.25) is 0 Å². The maximum Gasteiger partial charge on any atom is 0.0650 e. The molecule has 0 aliphatic heterocycles. The molecule has 13 heavy (non-hydrogen) atoms. The molecule has 0 saturated heterocycles. The molecular weight excluding hydrogens is 205 g/mol. The van der Waals surface area contributed by atoms with Gasteiger partial charge in [0, 0.05) is 10.0 Å². The fourth-order valence-corrected chi connectivity index (χ4v) is 1.85. The molecule has 0 heterocycles. The van der Waals surface area contributed by atoms with E-state index in [1.54, 1.807) is 6.07 Å². The van der Waals surface area contributed by atoms with Crippen LogP contribution in [0.15, 0.2) is 17.1 Å². The second-order valence-corrected chi connectivity index (χ2v) is 3.54. The van der Waals surface area contributed by atoms with Crippen LogP contribution in [0.3, 0.4) is 0 Å². The summed E-state index contributed by atoms with van der Waals surface area (Å²) < 4.78 is 0. The van der Waals surface area contributed by atoms with Crippen LogP contribution in [0.2, 0.25) is 10.0 Å². The summed E-state index contributed by atoms with van der Waals surface area (Å²) in [5.41, 5.74) is 2.06. The van der Waals surface area contributed by atoms with Crippen molar-refractivity contribution in [1.82, 2.24) is 0 Å². The van der Waals surface area contributed by atoms with Crippen LogP contribution >= 0.6 is 23.2 Å². The fourth-order valence-electron chi connectivity index (χ4n) is 1.30. The van der Waals surface area contributed by atoms with E-state index in [0.29, 0.717) is 11.6 Å². The SMILES string of the molecule is C=NCc1c(Cl)ccc(Cl)c1CC. The third-order valence-electron chi connectivity index (χ3n) is 1.94. The Labute approximate surface area is 88.4 Å². The number of rotatable bonds is 3. The van der Waals surface area contributed by atoms with E-state index < -0.39 is 0 Å². The lowest BCUT2D eigenvalue weighted by Crippen LogP contribution is -1.93. The quantitative estimate of drug-likeness (QED) is 0.682. The molecule has 0 radical (unpaired) electrons. The van der Waals surface area contributed by atoms with Gasteiger partial charge in [0.1, 0.15) is 0 Å². The highest BCUT2D eigenvalue weighted by Crippen LogP contribution is 2.27. The van der Waals surface area contributed by atoms with E-state index in [-0.39, 0.29) is 0 Å². The lowest BCUT2D eigenvalue weighted by Gasteiger charge is -2.09. The summed E-state index contributed by atoms with van der Waals surface area (Å²) in [5, 5.41) is 1.47. The molecule has 1 aromatic carbocycles. The highest BCUT2D eigenvalue weighted by atomic mass is 35.5. The van der Waals surface area contributed by atoms with Crippen LogP contribution in [-0.4, -0.2) is 6.72 Å². The molecule has 1 rings (SSSR count). The molecule has 0 aliphatic carbocycles. The maximum atomic E-state index is 6.02. The predicted molar refractivity (Wildman–Crippen MR) is 59.1 cm³/mol. The van der Waals surface area contributed by atoms with Gasteiger partial charge in [0.15, 0.2) is 0 Å². The van der Waals surface area contributed by atoms with Crippen molar-refractivity contribution in [2.75, 3.05) is 0 Å². The molecule has 1 nitrogen and oxygen atoms in total. The molecule has 0 amide bonds. The number of aliphatic imine (C=N–C) groups is 1. The molecule has 0 aliphatic rings. The molecule has 0 fully saturated rings. The van der Waals surface area contributed by atoms with Crippen LogP contribution in [-0.2, 0) is 13.0 Å². The summed E-state index contributed by atoms with van der Waals surface area (Å²) in [7, 11) is 0. The maximum absolute atomic E-state index is 6.02. The van der Waals surface area contributed by atoms with E-state index >= 15 is 0 Å². The molecule has 0 aromatic heterocycles. The topological polar surface area (TPSA) is 12.4 Å². The number of halogens is 2. The minimum absolute atomic E-state index is 0.530. The normalized spacial score (nSPS) is 10.1. The van der Waals surface area contributed by atoms with Crippen molar-refractivity contribution in [3.63, 3.8) is 0 Å². The molecule has 0 bridgehead atoms. The number of hydrogen-bond donors (Lipinski definition) is 0. The van der Waals surface area contributed by atoms with E-state index in [2.05, 4.69) is 11.7 Å². The summed E-state index contributed by atoms with van der Waals surface area (Å²) in [6.45, 7) is 6.03. The Hall–Kier alpha value is -0.530. The number of nitrogens with zero attached hydrogens (tertiary/aromatic N) is 1. The van der Waals surface area contributed by atoms with Gasteiger partial charge >= 0.3 is 0 Å². The van der Waals surface area contributed by atoms with Gasteiger partial charge < -0.3 is 0 Å². The predicted octanol–water partition coefficient (Wildman–Crippen LogP) is 3.76. The first-order valence-electron chi connectivity index (χ1n) is 4.09. The van der Waals surface area contributed by atoms with Crippen molar-refractivity contribution in [1.29, 1.82) is 0 Å². The first kappa shape index (κ1) is 10.6. The van der Waals surface area contributed by atoms with Crippen molar-refractivity contribution in [3.05, 3.63) is 33.3 Å². The van der Waals surface area contributed by atoms with Gasteiger partial charge in [-0.3, -0.25) is 4.99 Å². The minimum atomic E-state index is 0.530. The van der Waals surface area contributed by atoms with Crippen molar-refractivity contribution in [2.45, 2.75) is 19.9 Å². The molecule has 0 unspecified atom stereocenters. The van der Waals surface area contributed by atoms with E-state index in [1.807, 2.05) is 13.0 Å². The van der Waals surface area contributed by atoms with Crippen LogP contribution in [0.5, 0.6) is 0 Å². The third kappa shape index (κ3) is 2.23. The molecule has 0 saturated carbocycles. The van der Waals surface area contributed by atoms with E-state index in [9.17, 15) is 0 Å². The Bertz CT molecular complexity index is 321. The zero-order valence-corrected chi connectivity index (χ0v) is 8.99. The van der Waals surface area contributed by atoms with Gasteiger partial charge in [-0.2, -0.15) is 0 Å². The smallest absolute Gasteiger partial charge is 0.0650 e. The Morgan fingerprint density at radius 3 is 2.23 bits per heavy atom. The monoisotopic (exact) mass is 215 g/mol. The van der Waals surface area contributed by atoms with Crippen LogP contribution in [0, 0.1) is 0 Å². The molecular formula is C10H11Cl2N. The van der Waals surface area contributed by atoms with E-state index in [4.69, 9.17) is 23.2 Å². The first-order chi connectivity index (χ1) is 6.20. The molecule has 0 spiro atoms. The van der Waals surface area contributed by atoms with Crippen LogP contribution in [0.25, 0.3) is 0 Å². The first-order valence-corrected chi connectivity index (χ1v) is 4.84. The van der Waals surface area contributed by atoms with Crippen LogP contribution in [0.4, 0.5) is 0 Å². The van der Waals surface area contributed by atoms with Crippen LogP contribution < -0.4 is 0 Å². The van der Waals surface area contributed by atoms with Gasteiger partial charge in [0.25, 0.3) is 0 Å². The number of benzene rings is 1. The highest BCUT2D eigenvalue weighted by Gasteiger charge is 2.08. The molecule has 0 N–H and O–H groups in total. The zero-order chi connectivity index (χ0) is 9.84. The largest absolute Gasteiger partial charge is 0.296 e. The summed E-state index contributed by atoms with van der Waals surface area (Å²) in [5.74, 6) is 0. The van der Waals surface area contributed by atoms with Crippen molar-refractivity contribution in [2.24, 2.45) is 4.99 Å². The third-order valence-corrected chi connectivity index (χ3v) is 2.65. The Balaban J connectivity index is 3.25. The van der Waals surface area contributed by atoms with E-state index in [1.165, 1.54) is 0 Å². The highest BCUT2D eigenvalue weighted by molar-refractivity contribution is 6.34. The second-order valence-electron chi connectivity index (χ2n) is 2.72. The van der Waals surface area contributed by atoms with E-state index in [0.717, 1.165) is 22.6 Å². The summed E-state index contributed by atoms with van der Waals surface area (Å²) in [4.78, 5) is 3.82. The van der Waals surface area contributed by atoms with Gasteiger partial charge in [-0.15, -0.1) is 0 Å². The molecule has 1 aromatic rings. The number of hydrogen-bond acceptors (Lipinski definition) is 1. The van der Waals surface area contributed by atoms with Crippen molar-refractivity contribution in [3.8, 4) is 0 Å². The zero-order valence-electron chi connectivity index (χ0n) is 7.48. The fraction of sp³-hybridized carbons (Fsp3) is 0.300. The standard InChI is InChI=1S/C10H11Cl2N/c1-3-7-8(6-13-2)10(12)5-4-9(7)11/h4-5H,2-3,6H2,1H3. The Morgan fingerprint density at radius 2 is 1.77 bits per heavy atom. The van der Waals surface area contributed by atoms with Gasteiger partial charge in [-0.25, -0.2) is 0 Å². The molecule has 0 atom stereocenters. The van der Waals surface area contributed by atoms with Gasteiger partial charge in [0.05, 0.1) is 6.54 Å². The summed E-state index contributed by atoms with van der Waals surface area (Å²) >= 11 is 12.0. The average molecular weight is 216 g/mol. The molecule has 70 valence electrons.